The molecule has 0 unspecified atom stereocenters. The van der Waals surface area contributed by atoms with Crippen molar-refractivity contribution in [1.29, 1.82) is 0 Å². The van der Waals surface area contributed by atoms with Crippen molar-refractivity contribution in [2.24, 2.45) is 29.2 Å². The highest BCUT2D eigenvalue weighted by Gasteiger charge is 2.65. The number of ether oxygens (including phenoxy) is 5. The number of phenols is 1. The summed E-state index contributed by atoms with van der Waals surface area (Å²) in [7, 11) is 11.1. The number of H-pyrrole nitrogens is 1. The van der Waals surface area contributed by atoms with Crippen LogP contribution in [0.5, 0.6) is 11.5 Å². The predicted molar refractivity (Wildman–Crippen MR) is 526 cm³/mol. The third-order valence-corrected chi connectivity index (χ3v) is 31.0. The molecule has 3 saturated heterocycles. The lowest BCUT2D eigenvalue weighted by Gasteiger charge is -2.42. The summed E-state index contributed by atoms with van der Waals surface area (Å²) in [5.41, 5.74) is 16.5. The van der Waals surface area contributed by atoms with Crippen molar-refractivity contribution in [3.63, 3.8) is 0 Å². The Morgan fingerprint density at radius 3 is 2.24 bits per heavy atom. The highest BCUT2D eigenvalue weighted by molar-refractivity contribution is 8.77. The van der Waals surface area contributed by atoms with Crippen molar-refractivity contribution < 1.29 is 91.4 Å². The summed E-state index contributed by atoms with van der Waals surface area (Å²) in [4.78, 5) is 182. The second kappa shape index (κ2) is 49.7. The minimum absolute atomic E-state index is 0.00758. The lowest BCUT2D eigenvalue weighted by molar-refractivity contribution is -0.192. The molecule has 9 amide bonds. The second-order valence-electron chi connectivity index (χ2n) is 35.9. The number of aliphatic hydroxyl groups is 1. The van der Waals surface area contributed by atoms with Crippen molar-refractivity contribution >= 4 is 148 Å². The van der Waals surface area contributed by atoms with E-state index in [-0.39, 0.29) is 92.5 Å². The minimum Gasteiger partial charge on any atom is -0.508 e. The zero-order valence-corrected chi connectivity index (χ0v) is 82.0. The normalized spacial score (nSPS) is 25.4. The molecule has 16 atom stereocenters. The molecule has 5 aromatic carbocycles. The lowest BCUT2D eigenvalue weighted by atomic mass is 9.78. The van der Waals surface area contributed by atoms with Crippen molar-refractivity contribution in [3.05, 3.63) is 190 Å². The van der Waals surface area contributed by atoms with E-state index in [1.807, 2.05) is 110 Å². The van der Waals surface area contributed by atoms with Crippen molar-refractivity contribution in [2.45, 2.75) is 228 Å². The SMILES string of the molecule is COc1cc2cc(c1Cl)N(C)C(=O)C[C@H](OC(=O)[C@H](C)N(C)C(=O)CCSSCCCN[C@H](Cc1ccccc1)C(=O)N[C@H]1CSSC[C@@H](C(=O)N[C@@H](Cc3c[nH]c4ccccc34)C(N)=O)NC(=O)[C@H](C(C)C)NC(=O)[C@H](CCCCN)NC(=O)[C@@H](CC3=CCc4ccccc43)NC(=O)[C@H](Cc3ccc(O)cc3)CC1=O)[C@]1(C)O[C@H]1[C@H](C)[C@@H]1C[C@@](O)(CC(=O)O1)[C@H](OC)C/C=C/C=C(\C)C2. The van der Waals surface area contributed by atoms with Gasteiger partial charge in [0.1, 0.15) is 76.2 Å². The molecule has 4 aliphatic heterocycles. The molecule has 5 aliphatic rings. The van der Waals surface area contributed by atoms with Crippen molar-refractivity contribution in [1.82, 2.24) is 47.1 Å². The summed E-state index contributed by atoms with van der Waals surface area (Å²) in [6.07, 6.45) is 7.13. The maximum absolute atomic E-state index is 15.7. The van der Waals surface area contributed by atoms with Crippen LogP contribution >= 0.6 is 54.8 Å². The first-order valence-corrected chi connectivity index (χ1v) is 51.2. The fraction of sp³-hybridized carbons (Fsp3) is 0.495. The summed E-state index contributed by atoms with van der Waals surface area (Å²) in [6.45, 7) is 10.9. The molecule has 0 radical (unpaired) electrons. The Bertz CT molecular complexity index is 5300. The van der Waals surface area contributed by atoms with E-state index in [0.29, 0.717) is 72.7 Å². The van der Waals surface area contributed by atoms with Crippen LogP contribution in [0, 0.1) is 17.8 Å². The van der Waals surface area contributed by atoms with E-state index >= 15 is 19.2 Å². The Kier molecular flexibility index (Phi) is 38.7. The van der Waals surface area contributed by atoms with Crippen LogP contribution in [0.4, 0.5) is 5.69 Å². The first kappa shape index (κ1) is 105. The van der Waals surface area contributed by atoms with Crippen LogP contribution in [0.15, 0.2) is 151 Å². The molecule has 3 fully saturated rings. The maximum atomic E-state index is 15.7. The number of benzene rings is 5. The van der Waals surface area contributed by atoms with E-state index in [0.717, 1.165) is 65.9 Å². The zero-order chi connectivity index (χ0) is 97.4. The number of anilines is 1. The van der Waals surface area contributed by atoms with Crippen LogP contribution in [0.2, 0.25) is 5.02 Å². The number of amides is 9. The Labute approximate surface area is 809 Å². The number of carbonyl (C=O) groups is 12. The molecule has 728 valence electrons. The van der Waals surface area contributed by atoms with Crippen LogP contribution < -0.4 is 58.3 Å². The number of aromatic nitrogens is 1. The zero-order valence-electron chi connectivity index (χ0n) is 78.0. The van der Waals surface area contributed by atoms with Gasteiger partial charge in [-0.3, -0.25) is 52.7 Å². The van der Waals surface area contributed by atoms with E-state index in [4.69, 9.17) is 46.8 Å². The standard InChI is InChI=1S/C99H127ClN12O19S4/c1-57(2)88-96(124)109-77(95(123)106-73(90(102)118)49-67-54-104-71-29-18-17-28-70(67)71)56-135-134-55-76(79(114)50-66(44-62-32-36-68(113)37-33-62)91(119)107-75(48-65-35-34-64-26-15-16-27-69(64)65)94(122)105-72(92(120)110-88)30-20-21-39-101)108-93(121)74(45-61-24-12-11-13-25-61)103-40-22-41-132-133-42-38-84(115)111(7)60(5)97(125)130-83-51-85(116)112(8)78-46-63(47-80(127-9)87(78)100)43-58(3)23-14-19-31-82(128-10)99(126)52-81(129-86(117)53-99)59(4)89-98(83,6)131-89/h11-19,23-29,32-33,35-37,46-47,54,57,59-60,66,72-77,81-83,88-89,103-104,113,126H,20-22,30-31,34,38-45,48-53,55-56,101H2,1-10H3,(H2,102,118)(H,105,122)(H,106,123)(H,107,119)(H,108,121)(H,109,124)(H,110,120)/b19-14+,58-23+/t59-,60+,66-,72+,73+,74-,75-,76+,77+,81+,82-,83+,88+,89+,98+,99-/m1/s1. The number of epoxide rings is 1. The number of nitrogens with zero attached hydrogens (tertiary/aromatic N) is 2. The first-order valence-electron chi connectivity index (χ1n) is 45.8. The van der Waals surface area contributed by atoms with E-state index in [1.54, 1.807) is 65.2 Å². The number of halogens is 1. The summed E-state index contributed by atoms with van der Waals surface area (Å²) in [5.74, 6) is -9.76. The number of allylic oxidation sites excluding steroid dienone is 4. The minimum atomic E-state index is -1.62. The largest absolute Gasteiger partial charge is 0.508 e. The number of carbonyl (C=O) groups excluding carboxylic acids is 12. The number of aromatic hydroxyl groups is 1. The molecule has 0 spiro atoms. The highest BCUT2D eigenvalue weighted by Crippen LogP contribution is 2.50. The van der Waals surface area contributed by atoms with Crippen molar-refractivity contribution in [3.8, 4) is 11.5 Å². The van der Waals surface area contributed by atoms with E-state index < -0.39 is 180 Å². The van der Waals surface area contributed by atoms with Crippen LogP contribution in [0.25, 0.3) is 16.5 Å². The fourth-order valence-corrected chi connectivity index (χ4v) is 22.2. The summed E-state index contributed by atoms with van der Waals surface area (Å²) >= 11 is 6.94. The monoisotopic (exact) mass is 1950 g/mol. The average molecular weight is 1950 g/mol. The van der Waals surface area contributed by atoms with Gasteiger partial charge in [0, 0.05) is 105 Å². The van der Waals surface area contributed by atoms with Gasteiger partial charge in [-0.15, -0.1) is 0 Å². The van der Waals surface area contributed by atoms with Gasteiger partial charge in [-0.25, -0.2) is 4.79 Å². The van der Waals surface area contributed by atoms with Gasteiger partial charge < -0.3 is 97.4 Å². The lowest BCUT2D eigenvalue weighted by Crippen LogP contribution is -2.60. The predicted octanol–water partition coefficient (Wildman–Crippen LogP) is 9.37. The van der Waals surface area contributed by atoms with E-state index in [9.17, 15) is 48.6 Å². The molecule has 5 heterocycles. The number of nitrogens with one attached hydrogen (secondary N) is 8. The number of unbranched alkanes of at least 4 members (excludes halogenated alkanes) is 1. The summed E-state index contributed by atoms with van der Waals surface area (Å²) in [6, 6.07) is 23.9. The van der Waals surface area contributed by atoms with Gasteiger partial charge in [-0.1, -0.05) is 190 Å². The number of likely N-dealkylation sites (N-methyl/N-ethyl adjacent to an activating group) is 1. The van der Waals surface area contributed by atoms with Gasteiger partial charge >= 0.3 is 11.9 Å². The van der Waals surface area contributed by atoms with Gasteiger partial charge in [0.05, 0.1) is 49.9 Å². The number of esters is 2. The number of methoxy groups -OCH3 is 2. The van der Waals surface area contributed by atoms with Crippen LogP contribution in [-0.4, -0.2) is 239 Å². The summed E-state index contributed by atoms with van der Waals surface area (Å²) < 4.78 is 30.2. The number of fused-ring (bicyclic) bond motifs is 7. The molecular formula is C99H127ClN12O19S4. The molecule has 31 nitrogen and oxygen atoms in total. The third-order valence-electron chi connectivity index (χ3n) is 25.7. The van der Waals surface area contributed by atoms with Gasteiger partial charge in [-0.05, 0) is 167 Å². The van der Waals surface area contributed by atoms with Gasteiger partial charge in [0.15, 0.2) is 5.78 Å². The molecule has 14 N–H and O–H groups in total. The molecular weight excluding hydrogens is 1820 g/mol. The Morgan fingerprint density at radius 2 is 1.51 bits per heavy atom. The number of Topliss-reactive ketones (excluding diaryl/α,β-unsaturated/α-hetero) is 1. The molecule has 4 bridgehead atoms. The number of hydrogen-bond acceptors (Lipinski definition) is 25. The van der Waals surface area contributed by atoms with Gasteiger partial charge in [0.25, 0.3) is 0 Å². The van der Waals surface area contributed by atoms with Crippen LogP contribution in [0.1, 0.15) is 146 Å². The molecule has 0 saturated carbocycles. The number of rotatable bonds is 32. The second-order valence-corrected chi connectivity index (χ2v) is 41.5. The number of phenolic OH excluding ortho intramolecular Hbond substituents is 1. The number of para-hydroxylation sites is 1. The molecule has 1 aromatic heterocycles. The van der Waals surface area contributed by atoms with Gasteiger partial charge in [-0.2, -0.15) is 0 Å². The third kappa shape index (κ3) is 28.7. The molecule has 11 rings (SSSR count). The van der Waals surface area contributed by atoms with E-state index in [2.05, 4.69) is 42.2 Å². The highest BCUT2D eigenvalue weighted by atomic mass is 35.5. The number of ketones is 1. The van der Waals surface area contributed by atoms with Crippen LogP contribution in [-0.2, 0) is 109 Å². The first-order chi connectivity index (χ1) is 64.6. The molecule has 135 heavy (non-hydrogen) atoms. The van der Waals surface area contributed by atoms with Crippen molar-refractivity contribution in [2.75, 3.05) is 69.3 Å². The topological polar surface area (TPSA) is 453 Å². The quantitative estimate of drug-likeness (QED) is 0.00809. The fourth-order valence-electron chi connectivity index (χ4n) is 17.4. The number of primary amides is 1. The molecule has 1 aliphatic carbocycles. The Morgan fingerprint density at radius 1 is 0.800 bits per heavy atom. The Balaban J connectivity index is 0.791. The van der Waals surface area contributed by atoms with Gasteiger partial charge in [0.2, 0.25) is 53.2 Å². The Hall–Kier alpha value is -10.2. The summed E-state index contributed by atoms with van der Waals surface area (Å²) in [5, 5.41) is 44.4. The number of hydrogen-bond donors (Lipinski definition) is 12. The van der Waals surface area contributed by atoms with E-state index in [1.165, 1.54) is 71.7 Å². The molecule has 6 aromatic rings. The number of nitrogens with two attached hydrogens (primary N) is 2. The number of aromatic amines is 1. The van der Waals surface area contributed by atoms with Crippen LogP contribution in [0.3, 0.4) is 0 Å². The maximum Gasteiger partial charge on any atom is 0.328 e. The average Bonchev–Trinajstić information content (AvgIpc) is 1.57. The molecule has 36 heteroatoms. The smallest absolute Gasteiger partial charge is 0.328 e.